The SMILES string of the molecule is C.Nc1ccc(C(=O)N[C@H]2CCC[C@@H](Nc3ncc(Cl)c(-c4c[nH]c5ccccc45)n3)C2)c(F)c1.Nc1ccc(C(=O)N[C@H]2CCC[C@@H](Nc3ncc(Cl)c(C4=CCc5ccccc54)n3)C2)c(F)c1. The van der Waals surface area contributed by atoms with Crippen LogP contribution >= 0.6 is 23.2 Å². The van der Waals surface area contributed by atoms with E-state index in [0.29, 0.717) is 46.2 Å². The lowest BCUT2D eigenvalue weighted by atomic mass is 9.91. The van der Waals surface area contributed by atoms with Crippen molar-refractivity contribution in [2.24, 2.45) is 0 Å². The molecular weight excluding hydrogens is 920 g/mol. The van der Waals surface area contributed by atoms with Crippen LogP contribution in [0.3, 0.4) is 0 Å². The number of fused-ring (bicyclic) bond motifs is 2. The molecule has 10 rings (SSSR count). The molecular formula is C52H53Cl2F2N11O2. The number of rotatable bonds is 10. The van der Waals surface area contributed by atoms with Gasteiger partial charge in [-0.25, -0.2) is 28.7 Å². The summed E-state index contributed by atoms with van der Waals surface area (Å²) in [6, 6.07) is 24.4. The van der Waals surface area contributed by atoms with E-state index in [0.717, 1.165) is 84.7 Å². The van der Waals surface area contributed by atoms with Gasteiger partial charge >= 0.3 is 0 Å². The molecule has 17 heteroatoms. The predicted octanol–water partition coefficient (Wildman–Crippen LogP) is 10.8. The van der Waals surface area contributed by atoms with Crippen LogP contribution in [-0.2, 0) is 6.42 Å². The van der Waals surface area contributed by atoms with Crippen molar-refractivity contribution in [3.8, 4) is 11.3 Å². The molecule has 7 aromatic rings. The normalized spacial score (nSPS) is 18.4. The van der Waals surface area contributed by atoms with E-state index < -0.39 is 23.4 Å². The average molecular weight is 973 g/mol. The van der Waals surface area contributed by atoms with Gasteiger partial charge in [-0.2, -0.15) is 0 Å². The van der Waals surface area contributed by atoms with Gasteiger partial charge in [0.25, 0.3) is 11.8 Å². The van der Waals surface area contributed by atoms with Crippen molar-refractivity contribution >= 4 is 74.8 Å². The predicted molar refractivity (Wildman–Crippen MR) is 271 cm³/mol. The third kappa shape index (κ3) is 11.3. The molecule has 9 N–H and O–H groups in total. The van der Waals surface area contributed by atoms with E-state index in [1.807, 2.05) is 42.6 Å². The van der Waals surface area contributed by atoms with Gasteiger partial charge in [-0.3, -0.25) is 9.59 Å². The average Bonchev–Trinajstić information content (AvgIpc) is 3.96. The van der Waals surface area contributed by atoms with Gasteiger partial charge in [-0.15, -0.1) is 0 Å². The first kappa shape index (κ1) is 48.4. The van der Waals surface area contributed by atoms with Gasteiger partial charge in [0.15, 0.2) is 0 Å². The molecule has 0 unspecified atom stereocenters. The zero-order chi connectivity index (χ0) is 47.3. The number of nitrogen functional groups attached to an aromatic ring is 2. The van der Waals surface area contributed by atoms with Crippen LogP contribution in [0.5, 0.6) is 0 Å². The number of H-pyrrole nitrogens is 1. The summed E-state index contributed by atoms with van der Waals surface area (Å²) in [6.07, 6.45) is 14.8. The minimum atomic E-state index is -0.623. The summed E-state index contributed by atoms with van der Waals surface area (Å²) in [5.74, 6) is -1.12. The Labute approximate surface area is 408 Å². The highest BCUT2D eigenvalue weighted by atomic mass is 35.5. The lowest BCUT2D eigenvalue weighted by Gasteiger charge is -2.30. The van der Waals surface area contributed by atoms with Crippen molar-refractivity contribution in [3.63, 3.8) is 0 Å². The lowest BCUT2D eigenvalue weighted by Crippen LogP contribution is -2.42. The number of halogens is 4. The number of amides is 2. The van der Waals surface area contributed by atoms with Crippen molar-refractivity contribution in [1.82, 2.24) is 35.6 Å². The maximum absolute atomic E-state index is 14.1. The zero-order valence-electron chi connectivity index (χ0n) is 36.8. The van der Waals surface area contributed by atoms with Gasteiger partial charge in [-0.1, -0.05) is 79.2 Å². The highest BCUT2D eigenvalue weighted by Gasteiger charge is 2.28. The van der Waals surface area contributed by atoms with Gasteiger partial charge < -0.3 is 37.7 Å². The van der Waals surface area contributed by atoms with Crippen LogP contribution in [0.15, 0.2) is 110 Å². The molecule has 3 aliphatic rings. The number of nitrogens with two attached hydrogens (primary N) is 2. The van der Waals surface area contributed by atoms with Crippen LogP contribution in [0, 0.1) is 11.6 Å². The summed E-state index contributed by atoms with van der Waals surface area (Å²) in [5, 5.41) is 14.7. The number of carbonyl (C=O) groups is 2. The van der Waals surface area contributed by atoms with Crippen LogP contribution in [0.1, 0.15) is 96.3 Å². The monoisotopic (exact) mass is 971 g/mol. The quantitative estimate of drug-likeness (QED) is 0.0647. The Hall–Kier alpha value is -7.10. The molecule has 2 amide bonds. The molecule has 0 radical (unpaired) electrons. The molecule has 3 aromatic heterocycles. The van der Waals surface area contributed by atoms with Crippen LogP contribution in [-0.4, -0.2) is 60.9 Å². The Kier molecular flexibility index (Phi) is 15.0. The second kappa shape index (κ2) is 21.5. The number of hydrogen-bond acceptors (Lipinski definition) is 10. The Bertz CT molecular complexity index is 3040. The van der Waals surface area contributed by atoms with E-state index >= 15 is 0 Å². The molecule has 0 saturated heterocycles. The Morgan fingerprint density at radius 2 is 1.17 bits per heavy atom. The molecule has 0 bridgehead atoms. The number of anilines is 4. The van der Waals surface area contributed by atoms with Crippen LogP contribution < -0.4 is 32.7 Å². The minimum absolute atomic E-state index is 0. The fourth-order valence-corrected chi connectivity index (χ4v) is 9.64. The largest absolute Gasteiger partial charge is 0.399 e. The third-order valence-electron chi connectivity index (χ3n) is 12.6. The number of aromatic amines is 1. The number of nitrogens with zero attached hydrogens (tertiary/aromatic N) is 4. The molecule has 0 aliphatic heterocycles. The van der Waals surface area contributed by atoms with Crippen molar-refractivity contribution < 1.29 is 18.4 Å². The first-order valence-electron chi connectivity index (χ1n) is 22.6. The highest BCUT2D eigenvalue weighted by Crippen LogP contribution is 2.36. The molecule has 13 nitrogen and oxygen atoms in total. The van der Waals surface area contributed by atoms with Gasteiger partial charge in [0, 0.05) is 63.8 Å². The summed E-state index contributed by atoms with van der Waals surface area (Å²) in [5.41, 5.74) is 18.4. The first-order chi connectivity index (χ1) is 32.9. The number of aromatic nitrogens is 5. The summed E-state index contributed by atoms with van der Waals surface area (Å²) in [4.78, 5) is 46.6. The molecule has 2 saturated carbocycles. The smallest absolute Gasteiger partial charge is 0.254 e. The summed E-state index contributed by atoms with van der Waals surface area (Å²) in [7, 11) is 0. The fourth-order valence-electron chi connectivity index (χ4n) is 9.25. The van der Waals surface area contributed by atoms with Gasteiger partial charge in [0.2, 0.25) is 11.9 Å². The highest BCUT2D eigenvalue weighted by molar-refractivity contribution is 6.33. The lowest BCUT2D eigenvalue weighted by molar-refractivity contribution is 0.0913. The maximum atomic E-state index is 14.1. The standard InChI is InChI=1S/C26H25ClFN5O.C25H24ClFN6O.CH4/c27-22-14-30-26(33-24(22)20-10-8-15-4-1-2-7-19(15)20)32-18-6-3-5-17(13-18)31-25(34)21-11-9-16(29)12-23(21)28;26-20-13-30-25(33-23(20)19-12-29-22-7-2-1-6-17(19)22)32-16-5-3-4-15(11-16)31-24(34)18-9-8-14(28)10-21(18)27;/h1-2,4,7,9-12,14,17-18H,3,5-6,8,13,29H2,(H,31,34)(H,30,32,33);1-2,6-10,12-13,15-16,29H,3-5,11,28H2,(H,31,34)(H,30,32,33);1H4/t17-,18+;15-,16+;/m00./s1. The number of nitrogens with one attached hydrogen (secondary N) is 5. The van der Waals surface area contributed by atoms with Gasteiger partial charge in [0.05, 0.1) is 45.0 Å². The zero-order valence-corrected chi connectivity index (χ0v) is 38.3. The van der Waals surface area contributed by atoms with E-state index in [9.17, 15) is 18.4 Å². The van der Waals surface area contributed by atoms with Crippen LogP contribution in [0.4, 0.5) is 32.1 Å². The summed E-state index contributed by atoms with van der Waals surface area (Å²) < 4.78 is 28.2. The number of hydrogen-bond donors (Lipinski definition) is 7. The van der Waals surface area contributed by atoms with Crippen LogP contribution in [0.25, 0.3) is 27.7 Å². The molecule has 3 aliphatic carbocycles. The molecule has 0 spiro atoms. The Balaban J connectivity index is 0.000000183. The maximum Gasteiger partial charge on any atom is 0.254 e. The number of carbonyl (C=O) groups excluding carboxylic acids is 2. The van der Waals surface area contributed by atoms with E-state index in [2.05, 4.69) is 59.4 Å². The molecule has 3 heterocycles. The summed E-state index contributed by atoms with van der Waals surface area (Å²) >= 11 is 12.9. The van der Waals surface area contributed by atoms with Crippen LogP contribution in [0.2, 0.25) is 10.0 Å². The first-order valence-corrected chi connectivity index (χ1v) is 23.4. The molecule has 356 valence electrons. The Morgan fingerprint density at radius 1 is 0.652 bits per heavy atom. The van der Waals surface area contributed by atoms with Crippen molar-refractivity contribution in [2.75, 3.05) is 22.1 Å². The van der Waals surface area contributed by atoms with E-state index in [-0.39, 0.29) is 54.1 Å². The molecule has 4 atom stereocenters. The Morgan fingerprint density at radius 3 is 1.77 bits per heavy atom. The summed E-state index contributed by atoms with van der Waals surface area (Å²) in [6.45, 7) is 0. The van der Waals surface area contributed by atoms with E-state index in [4.69, 9.17) is 39.7 Å². The van der Waals surface area contributed by atoms with Crippen molar-refractivity contribution in [3.05, 3.63) is 159 Å². The molecule has 69 heavy (non-hydrogen) atoms. The van der Waals surface area contributed by atoms with Crippen molar-refractivity contribution in [1.29, 1.82) is 0 Å². The minimum Gasteiger partial charge on any atom is -0.399 e. The van der Waals surface area contributed by atoms with Crippen molar-refractivity contribution in [2.45, 2.75) is 89.4 Å². The van der Waals surface area contributed by atoms with E-state index in [1.54, 1.807) is 12.4 Å². The number of benzene rings is 4. The third-order valence-corrected chi connectivity index (χ3v) is 13.1. The molecule has 2 fully saturated rings. The number of allylic oxidation sites excluding steroid dienone is 1. The van der Waals surface area contributed by atoms with Gasteiger partial charge in [-0.05, 0) is 111 Å². The number of para-hydroxylation sites is 1. The topological polar surface area (TPSA) is 202 Å². The second-order valence-electron chi connectivity index (χ2n) is 17.3. The molecule has 4 aromatic carbocycles. The fraction of sp³-hybridized carbons (Fsp3) is 0.269. The van der Waals surface area contributed by atoms with Gasteiger partial charge in [0.1, 0.15) is 11.6 Å². The van der Waals surface area contributed by atoms with E-state index in [1.165, 1.54) is 29.8 Å². The second-order valence-corrected chi connectivity index (χ2v) is 18.2.